The standard InChI is InChI=1S/C18H19NO/c1-12(2)16-9-8-13(3)10-17(16)20-18-14(4)6-5-7-15(18)11-19/h5-10,12H,1-4H3. The molecule has 0 unspecified atom stereocenters. The number of benzene rings is 2. The van der Waals surface area contributed by atoms with Crippen LogP contribution < -0.4 is 4.74 Å². The number of nitriles is 1. The third kappa shape index (κ3) is 2.83. The third-order valence-electron chi connectivity index (χ3n) is 3.34. The Kier molecular flexibility index (Phi) is 4.10. The maximum Gasteiger partial charge on any atom is 0.148 e. The fraction of sp³-hybridized carbons (Fsp3) is 0.278. The molecule has 0 aromatic heterocycles. The Labute approximate surface area is 120 Å². The fourth-order valence-electron chi connectivity index (χ4n) is 2.19. The van der Waals surface area contributed by atoms with Crippen molar-refractivity contribution in [3.8, 4) is 17.6 Å². The van der Waals surface area contributed by atoms with Gasteiger partial charge in [0, 0.05) is 0 Å². The molecule has 0 N–H and O–H groups in total. The summed E-state index contributed by atoms with van der Waals surface area (Å²) in [5.41, 5.74) is 3.85. The van der Waals surface area contributed by atoms with E-state index in [4.69, 9.17) is 4.74 Å². The highest BCUT2D eigenvalue weighted by Crippen LogP contribution is 2.34. The molecule has 102 valence electrons. The molecular formula is C18H19NO. The summed E-state index contributed by atoms with van der Waals surface area (Å²) in [6.45, 7) is 8.28. The molecule has 2 heteroatoms. The zero-order valence-electron chi connectivity index (χ0n) is 12.4. The topological polar surface area (TPSA) is 33.0 Å². The number of hydrogen-bond acceptors (Lipinski definition) is 2. The van der Waals surface area contributed by atoms with Crippen LogP contribution >= 0.6 is 0 Å². The first-order valence-electron chi connectivity index (χ1n) is 6.81. The summed E-state index contributed by atoms with van der Waals surface area (Å²) in [6.07, 6.45) is 0. The van der Waals surface area contributed by atoms with E-state index in [9.17, 15) is 5.26 Å². The van der Waals surface area contributed by atoms with Crippen LogP contribution in [0.4, 0.5) is 0 Å². The van der Waals surface area contributed by atoms with E-state index in [1.54, 1.807) is 6.07 Å². The van der Waals surface area contributed by atoms with Crippen LogP contribution in [0.15, 0.2) is 36.4 Å². The van der Waals surface area contributed by atoms with Gasteiger partial charge in [-0.3, -0.25) is 0 Å². The third-order valence-corrected chi connectivity index (χ3v) is 3.34. The van der Waals surface area contributed by atoms with Crippen LogP contribution in [-0.4, -0.2) is 0 Å². The Morgan fingerprint density at radius 2 is 1.85 bits per heavy atom. The minimum absolute atomic E-state index is 0.375. The molecule has 0 aliphatic rings. The minimum atomic E-state index is 0.375. The number of nitrogens with zero attached hydrogens (tertiary/aromatic N) is 1. The van der Waals surface area contributed by atoms with Gasteiger partial charge in [-0.1, -0.05) is 38.1 Å². The van der Waals surface area contributed by atoms with Crippen molar-refractivity contribution in [1.29, 1.82) is 5.26 Å². The Bertz CT molecular complexity index is 666. The van der Waals surface area contributed by atoms with Gasteiger partial charge < -0.3 is 4.74 Å². The van der Waals surface area contributed by atoms with Crippen LogP contribution in [0.2, 0.25) is 0 Å². The number of aryl methyl sites for hydroxylation is 2. The van der Waals surface area contributed by atoms with E-state index in [1.807, 2.05) is 32.0 Å². The molecule has 2 aromatic carbocycles. The van der Waals surface area contributed by atoms with Gasteiger partial charge >= 0.3 is 0 Å². The normalized spacial score (nSPS) is 10.4. The van der Waals surface area contributed by atoms with Gasteiger partial charge in [-0.2, -0.15) is 5.26 Å². The van der Waals surface area contributed by atoms with Crippen LogP contribution in [0, 0.1) is 25.2 Å². The molecule has 0 saturated heterocycles. The zero-order valence-corrected chi connectivity index (χ0v) is 12.4. The summed E-state index contributed by atoms with van der Waals surface area (Å²) in [6, 6.07) is 14.0. The van der Waals surface area contributed by atoms with E-state index >= 15 is 0 Å². The molecule has 2 rings (SSSR count). The summed E-state index contributed by atoms with van der Waals surface area (Å²) < 4.78 is 6.08. The number of para-hydroxylation sites is 1. The van der Waals surface area contributed by atoms with E-state index in [1.165, 1.54) is 0 Å². The van der Waals surface area contributed by atoms with Crippen molar-refractivity contribution in [1.82, 2.24) is 0 Å². The second-order valence-electron chi connectivity index (χ2n) is 5.36. The SMILES string of the molecule is Cc1ccc(C(C)C)c(Oc2c(C)cccc2C#N)c1. The number of hydrogen-bond donors (Lipinski definition) is 0. The Hall–Kier alpha value is -2.27. The molecule has 0 atom stereocenters. The van der Waals surface area contributed by atoms with Crippen LogP contribution in [0.25, 0.3) is 0 Å². The molecule has 0 heterocycles. The zero-order chi connectivity index (χ0) is 14.7. The average molecular weight is 265 g/mol. The van der Waals surface area contributed by atoms with Gasteiger partial charge in [0.15, 0.2) is 0 Å². The Balaban J connectivity index is 2.50. The fourth-order valence-corrected chi connectivity index (χ4v) is 2.19. The molecule has 2 nitrogen and oxygen atoms in total. The average Bonchev–Trinajstić information content (AvgIpc) is 2.40. The Morgan fingerprint density at radius 3 is 2.50 bits per heavy atom. The van der Waals surface area contributed by atoms with Gasteiger partial charge in [0.25, 0.3) is 0 Å². The van der Waals surface area contributed by atoms with Crippen molar-refractivity contribution < 1.29 is 4.74 Å². The quantitative estimate of drug-likeness (QED) is 0.774. The van der Waals surface area contributed by atoms with Crippen LogP contribution in [0.3, 0.4) is 0 Å². The molecule has 0 bridgehead atoms. The first-order valence-corrected chi connectivity index (χ1v) is 6.81. The van der Waals surface area contributed by atoms with Crippen molar-refractivity contribution in [2.45, 2.75) is 33.6 Å². The summed E-state index contributed by atoms with van der Waals surface area (Å²) >= 11 is 0. The smallest absolute Gasteiger partial charge is 0.148 e. The summed E-state index contributed by atoms with van der Waals surface area (Å²) in [5.74, 6) is 1.87. The van der Waals surface area contributed by atoms with Gasteiger partial charge in [-0.25, -0.2) is 0 Å². The molecule has 0 fully saturated rings. The molecule has 0 spiro atoms. The lowest BCUT2D eigenvalue weighted by molar-refractivity contribution is 0.467. The molecular weight excluding hydrogens is 246 g/mol. The van der Waals surface area contributed by atoms with E-state index in [0.717, 1.165) is 22.4 Å². The Morgan fingerprint density at radius 1 is 1.10 bits per heavy atom. The van der Waals surface area contributed by atoms with Crippen molar-refractivity contribution in [2.75, 3.05) is 0 Å². The largest absolute Gasteiger partial charge is 0.455 e. The maximum absolute atomic E-state index is 9.22. The second kappa shape index (κ2) is 5.79. The molecule has 2 aromatic rings. The highest BCUT2D eigenvalue weighted by atomic mass is 16.5. The van der Waals surface area contributed by atoms with Crippen LogP contribution in [0.5, 0.6) is 11.5 Å². The minimum Gasteiger partial charge on any atom is -0.455 e. The van der Waals surface area contributed by atoms with Crippen molar-refractivity contribution in [3.05, 3.63) is 58.7 Å². The van der Waals surface area contributed by atoms with E-state index in [2.05, 4.69) is 32.0 Å². The molecule has 0 radical (unpaired) electrons. The molecule has 20 heavy (non-hydrogen) atoms. The van der Waals surface area contributed by atoms with Crippen molar-refractivity contribution in [2.24, 2.45) is 0 Å². The summed E-state index contributed by atoms with van der Waals surface area (Å²) in [5, 5.41) is 9.22. The predicted molar refractivity (Wildman–Crippen MR) is 81.2 cm³/mol. The lowest BCUT2D eigenvalue weighted by Crippen LogP contribution is -1.97. The van der Waals surface area contributed by atoms with Gasteiger partial charge in [0.1, 0.15) is 17.6 Å². The van der Waals surface area contributed by atoms with E-state index in [0.29, 0.717) is 17.2 Å². The highest BCUT2D eigenvalue weighted by Gasteiger charge is 2.13. The number of rotatable bonds is 3. The van der Waals surface area contributed by atoms with E-state index in [-0.39, 0.29) is 0 Å². The molecule has 0 aliphatic carbocycles. The first kappa shape index (κ1) is 14.1. The number of ether oxygens (including phenoxy) is 1. The summed E-state index contributed by atoms with van der Waals surface area (Å²) in [7, 11) is 0. The maximum atomic E-state index is 9.22. The van der Waals surface area contributed by atoms with Crippen LogP contribution in [0.1, 0.15) is 42.0 Å². The summed E-state index contributed by atoms with van der Waals surface area (Å²) in [4.78, 5) is 0. The first-order chi connectivity index (χ1) is 9.52. The predicted octanol–water partition coefficient (Wildman–Crippen LogP) is 5.09. The van der Waals surface area contributed by atoms with Gasteiger partial charge in [0.05, 0.1) is 5.56 Å². The molecule has 0 saturated carbocycles. The van der Waals surface area contributed by atoms with Gasteiger partial charge in [-0.15, -0.1) is 0 Å². The van der Waals surface area contributed by atoms with E-state index < -0.39 is 0 Å². The van der Waals surface area contributed by atoms with Crippen molar-refractivity contribution in [3.63, 3.8) is 0 Å². The highest BCUT2D eigenvalue weighted by molar-refractivity contribution is 5.51. The second-order valence-corrected chi connectivity index (χ2v) is 5.36. The van der Waals surface area contributed by atoms with Gasteiger partial charge in [-0.05, 0) is 48.6 Å². The van der Waals surface area contributed by atoms with Crippen molar-refractivity contribution >= 4 is 0 Å². The molecule has 0 amide bonds. The monoisotopic (exact) mass is 265 g/mol. The lowest BCUT2D eigenvalue weighted by Gasteiger charge is -2.16. The molecule has 0 aliphatic heterocycles. The lowest BCUT2D eigenvalue weighted by atomic mass is 10.0. The van der Waals surface area contributed by atoms with Crippen LogP contribution in [-0.2, 0) is 0 Å². The van der Waals surface area contributed by atoms with Gasteiger partial charge in [0.2, 0.25) is 0 Å².